The summed E-state index contributed by atoms with van der Waals surface area (Å²) in [4.78, 5) is 13.6. The van der Waals surface area contributed by atoms with Crippen LogP contribution in [0.15, 0.2) is 30.3 Å². The second-order valence-electron chi connectivity index (χ2n) is 3.91. The van der Waals surface area contributed by atoms with Crippen molar-refractivity contribution in [1.82, 2.24) is 4.90 Å². The number of halogens is 1. The molecule has 0 aromatic heterocycles. The largest absolute Gasteiger partial charge is 0.329 e. The lowest BCUT2D eigenvalue weighted by Crippen LogP contribution is -2.40. The van der Waals surface area contributed by atoms with Crippen LogP contribution in [-0.2, 0) is 4.79 Å². The number of rotatable bonds is 5. The number of carbonyl (C=O) groups excluding carboxylic acids is 1. The van der Waals surface area contributed by atoms with Gasteiger partial charge in [-0.2, -0.15) is 0 Å². The molecule has 5 heteroatoms. The number of carbonyl (C=O) groups is 1. The number of likely N-dealkylation sites (N-methyl/N-ethyl adjacent to an activating group) is 1. The van der Waals surface area contributed by atoms with Gasteiger partial charge in [0.1, 0.15) is 0 Å². The SMILES string of the molecule is CC(CN)N(C)CC(=O)Nc1ccccc1.Cl. The Balaban J connectivity index is 0.00000256. The average Bonchev–Trinajstić information content (AvgIpc) is 2.29. The van der Waals surface area contributed by atoms with E-state index in [-0.39, 0.29) is 24.4 Å². The zero-order valence-electron chi connectivity index (χ0n) is 10.2. The summed E-state index contributed by atoms with van der Waals surface area (Å²) in [6, 6.07) is 9.64. The normalized spacial score (nSPS) is 11.8. The molecule has 1 aromatic carbocycles. The first kappa shape index (κ1) is 15.9. The smallest absolute Gasteiger partial charge is 0.238 e. The van der Waals surface area contributed by atoms with Crippen molar-refractivity contribution in [3.8, 4) is 0 Å². The molecule has 1 aromatic rings. The molecule has 17 heavy (non-hydrogen) atoms. The van der Waals surface area contributed by atoms with Crippen molar-refractivity contribution in [3.05, 3.63) is 30.3 Å². The van der Waals surface area contributed by atoms with Gasteiger partial charge in [0.25, 0.3) is 0 Å². The summed E-state index contributed by atoms with van der Waals surface area (Å²) < 4.78 is 0. The molecule has 0 fully saturated rings. The molecule has 0 bridgehead atoms. The van der Waals surface area contributed by atoms with Crippen LogP contribution in [0.1, 0.15) is 6.92 Å². The summed E-state index contributed by atoms with van der Waals surface area (Å²) >= 11 is 0. The van der Waals surface area contributed by atoms with Crippen LogP contribution in [-0.4, -0.2) is 37.0 Å². The van der Waals surface area contributed by atoms with Crippen LogP contribution in [0.3, 0.4) is 0 Å². The van der Waals surface area contributed by atoms with Gasteiger partial charge < -0.3 is 11.1 Å². The van der Waals surface area contributed by atoms with Crippen molar-refractivity contribution in [2.24, 2.45) is 5.73 Å². The van der Waals surface area contributed by atoms with Crippen molar-refractivity contribution in [3.63, 3.8) is 0 Å². The molecule has 0 spiro atoms. The van der Waals surface area contributed by atoms with Gasteiger partial charge in [-0.25, -0.2) is 0 Å². The van der Waals surface area contributed by atoms with E-state index < -0.39 is 0 Å². The summed E-state index contributed by atoms with van der Waals surface area (Å²) in [6.45, 7) is 2.90. The summed E-state index contributed by atoms with van der Waals surface area (Å²) in [5.74, 6) is -0.0194. The molecule has 0 saturated carbocycles. The third kappa shape index (κ3) is 5.68. The highest BCUT2D eigenvalue weighted by molar-refractivity contribution is 5.92. The number of nitrogens with zero attached hydrogens (tertiary/aromatic N) is 1. The molecule has 0 heterocycles. The van der Waals surface area contributed by atoms with Crippen LogP contribution in [0, 0.1) is 0 Å². The second kappa shape index (κ2) is 8.06. The molecule has 0 aliphatic rings. The molecule has 96 valence electrons. The van der Waals surface area contributed by atoms with Gasteiger partial charge in [0.2, 0.25) is 5.91 Å². The summed E-state index contributed by atoms with van der Waals surface area (Å²) in [5, 5.41) is 2.83. The predicted molar refractivity (Wildman–Crippen MR) is 73.5 cm³/mol. The lowest BCUT2D eigenvalue weighted by molar-refractivity contribution is -0.117. The highest BCUT2D eigenvalue weighted by Crippen LogP contribution is 2.05. The van der Waals surface area contributed by atoms with Crippen LogP contribution in [0.25, 0.3) is 0 Å². The lowest BCUT2D eigenvalue weighted by atomic mass is 10.3. The summed E-state index contributed by atoms with van der Waals surface area (Å²) in [7, 11) is 1.89. The van der Waals surface area contributed by atoms with Crippen molar-refractivity contribution < 1.29 is 4.79 Å². The van der Waals surface area contributed by atoms with E-state index in [4.69, 9.17) is 5.73 Å². The minimum atomic E-state index is -0.0194. The Morgan fingerprint density at radius 1 is 1.41 bits per heavy atom. The molecule has 1 rings (SSSR count). The fourth-order valence-corrected chi connectivity index (χ4v) is 1.28. The minimum Gasteiger partial charge on any atom is -0.329 e. The quantitative estimate of drug-likeness (QED) is 0.837. The van der Waals surface area contributed by atoms with E-state index in [1.807, 2.05) is 49.2 Å². The van der Waals surface area contributed by atoms with Crippen molar-refractivity contribution in [2.75, 3.05) is 25.5 Å². The van der Waals surface area contributed by atoms with Crippen LogP contribution < -0.4 is 11.1 Å². The van der Waals surface area contributed by atoms with Crippen molar-refractivity contribution >= 4 is 24.0 Å². The van der Waals surface area contributed by atoms with Crippen LogP contribution >= 0.6 is 12.4 Å². The molecule has 3 N–H and O–H groups in total. The van der Waals surface area contributed by atoms with E-state index in [0.29, 0.717) is 13.1 Å². The maximum absolute atomic E-state index is 11.6. The highest BCUT2D eigenvalue weighted by atomic mass is 35.5. The van der Waals surface area contributed by atoms with Crippen molar-refractivity contribution in [1.29, 1.82) is 0 Å². The Morgan fingerprint density at radius 2 is 2.00 bits per heavy atom. The fraction of sp³-hybridized carbons (Fsp3) is 0.417. The number of anilines is 1. The number of amides is 1. The average molecular weight is 258 g/mol. The number of hydrogen-bond acceptors (Lipinski definition) is 3. The number of nitrogens with one attached hydrogen (secondary N) is 1. The topological polar surface area (TPSA) is 58.4 Å². The van der Waals surface area contributed by atoms with Gasteiger partial charge in [0.05, 0.1) is 6.54 Å². The lowest BCUT2D eigenvalue weighted by Gasteiger charge is -2.22. The molecular formula is C12H20ClN3O. The molecule has 1 amide bonds. The zero-order chi connectivity index (χ0) is 12.0. The van der Waals surface area contributed by atoms with Crippen LogP contribution in [0.4, 0.5) is 5.69 Å². The minimum absolute atomic E-state index is 0. The van der Waals surface area contributed by atoms with E-state index in [1.54, 1.807) is 0 Å². The van der Waals surface area contributed by atoms with E-state index in [2.05, 4.69) is 5.32 Å². The summed E-state index contributed by atoms with van der Waals surface area (Å²) in [5.41, 5.74) is 6.35. The van der Waals surface area contributed by atoms with E-state index in [9.17, 15) is 4.79 Å². The van der Waals surface area contributed by atoms with Gasteiger partial charge in [-0.3, -0.25) is 9.69 Å². The van der Waals surface area contributed by atoms with Gasteiger partial charge in [-0.15, -0.1) is 12.4 Å². The third-order valence-electron chi connectivity index (χ3n) is 2.54. The molecule has 0 saturated heterocycles. The third-order valence-corrected chi connectivity index (χ3v) is 2.54. The monoisotopic (exact) mass is 257 g/mol. The van der Waals surface area contributed by atoms with Gasteiger partial charge >= 0.3 is 0 Å². The van der Waals surface area contributed by atoms with Gasteiger partial charge in [0.15, 0.2) is 0 Å². The standard InChI is InChI=1S/C12H19N3O.ClH/c1-10(8-13)15(2)9-12(16)14-11-6-4-3-5-7-11;/h3-7,10H,8-9,13H2,1-2H3,(H,14,16);1H. The highest BCUT2D eigenvalue weighted by Gasteiger charge is 2.11. The molecule has 4 nitrogen and oxygen atoms in total. The Kier molecular flexibility index (Phi) is 7.54. The Morgan fingerprint density at radius 3 is 2.53 bits per heavy atom. The predicted octanol–water partition coefficient (Wildman–Crippen LogP) is 1.33. The van der Waals surface area contributed by atoms with Gasteiger partial charge in [-0.05, 0) is 26.1 Å². The van der Waals surface area contributed by atoms with Gasteiger partial charge in [-0.1, -0.05) is 18.2 Å². The first-order valence-electron chi connectivity index (χ1n) is 5.38. The summed E-state index contributed by atoms with van der Waals surface area (Å²) in [6.07, 6.45) is 0. The van der Waals surface area contributed by atoms with Crippen LogP contribution in [0.5, 0.6) is 0 Å². The molecular weight excluding hydrogens is 238 g/mol. The second-order valence-corrected chi connectivity index (χ2v) is 3.91. The molecule has 0 radical (unpaired) electrons. The zero-order valence-corrected chi connectivity index (χ0v) is 11.0. The number of nitrogens with two attached hydrogens (primary N) is 1. The van der Waals surface area contributed by atoms with Gasteiger partial charge in [0, 0.05) is 18.3 Å². The molecule has 0 aliphatic carbocycles. The fourth-order valence-electron chi connectivity index (χ4n) is 1.28. The first-order chi connectivity index (χ1) is 7.63. The number of benzene rings is 1. The van der Waals surface area contributed by atoms with E-state index in [0.717, 1.165) is 5.69 Å². The number of para-hydroxylation sites is 1. The molecule has 0 aliphatic heterocycles. The van der Waals surface area contributed by atoms with E-state index in [1.165, 1.54) is 0 Å². The van der Waals surface area contributed by atoms with Crippen LogP contribution in [0.2, 0.25) is 0 Å². The van der Waals surface area contributed by atoms with Crippen molar-refractivity contribution in [2.45, 2.75) is 13.0 Å². The Bertz CT molecular complexity index is 332. The maximum Gasteiger partial charge on any atom is 0.238 e. The Labute approximate surface area is 109 Å². The maximum atomic E-state index is 11.6. The first-order valence-corrected chi connectivity index (χ1v) is 5.38. The molecule has 1 atom stereocenters. The Hall–Kier alpha value is -1.10. The molecule has 1 unspecified atom stereocenters. The number of hydrogen-bond donors (Lipinski definition) is 2. The van der Waals surface area contributed by atoms with E-state index >= 15 is 0 Å².